The van der Waals surface area contributed by atoms with Crippen molar-refractivity contribution in [2.24, 2.45) is 5.92 Å². The zero-order chi connectivity index (χ0) is 27.5. The summed E-state index contributed by atoms with van der Waals surface area (Å²) in [4.78, 5) is 21.0. The van der Waals surface area contributed by atoms with Crippen molar-refractivity contribution in [1.82, 2.24) is 14.8 Å². The number of nitrogens with one attached hydrogen (secondary N) is 1. The number of aliphatic hydroxyl groups is 1. The van der Waals surface area contributed by atoms with Crippen molar-refractivity contribution in [1.29, 1.82) is 0 Å². The fraction of sp³-hybridized carbons (Fsp3) is 0.531. The molecule has 1 amide bonds. The molecule has 2 N–H and O–H groups in total. The average Bonchev–Trinajstić information content (AvgIpc) is 3.36. The van der Waals surface area contributed by atoms with Crippen molar-refractivity contribution < 1.29 is 19.4 Å². The summed E-state index contributed by atoms with van der Waals surface area (Å²) in [5, 5.41) is 10.8. The van der Waals surface area contributed by atoms with E-state index in [1.54, 1.807) is 14.2 Å². The Morgan fingerprint density at radius 1 is 1.03 bits per heavy atom. The summed E-state index contributed by atoms with van der Waals surface area (Å²) in [7, 11) is 3.32. The molecule has 3 heterocycles. The smallest absolute Gasteiger partial charge is 0.236 e. The van der Waals surface area contributed by atoms with Crippen LogP contribution in [0.2, 0.25) is 0 Å². The van der Waals surface area contributed by atoms with Crippen molar-refractivity contribution in [2.45, 2.75) is 51.4 Å². The molecule has 0 bridgehead atoms. The number of carbonyl (C=O) groups is 1. The normalized spacial score (nSPS) is 19.1. The minimum atomic E-state index is 0.218. The molecule has 1 atom stereocenters. The largest absolute Gasteiger partial charge is 0.493 e. The number of H-pyrrole nitrogens is 1. The highest BCUT2D eigenvalue weighted by molar-refractivity contribution is 5.92. The number of amides is 1. The number of aromatic amines is 1. The van der Waals surface area contributed by atoms with E-state index in [1.807, 2.05) is 17.0 Å². The number of piperidine rings is 2. The summed E-state index contributed by atoms with van der Waals surface area (Å²) in [6, 6.07) is 12.9. The molecule has 7 heteroatoms. The Morgan fingerprint density at radius 3 is 2.49 bits per heavy atom. The third kappa shape index (κ3) is 5.80. The molecule has 0 saturated carbocycles. The number of aromatic nitrogens is 1. The first kappa shape index (κ1) is 27.5. The number of rotatable bonds is 8. The van der Waals surface area contributed by atoms with Gasteiger partial charge in [-0.2, -0.15) is 0 Å². The summed E-state index contributed by atoms with van der Waals surface area (Å²) in [5.41, 5.74) is 6.02. The van der Waals surface area contributed by atoms with Crippen LogP contribution in [0.15, 0.2) is 36.4 Å². The van der Waals surface area contributed by atoms with Gasteiger partial charge in [-0.05, 0) is 91.4 Å². The summed E-state index contributed by atoms with van der Waals surface area (Å²) < 4.78 is 11.0. The molecular formula is C32H43N3O4. The number of likely N-dealkylation sites (tertiary alicyclic amines) is 2. The zero-order valence-electron chi connectivity index (χ0n) is 23.8. The van der Waals surface area contributed by atoms with Crippen LogP contribution in [0, 0.1) is 5.92 Å². The third-order valence-corrected chi connectivity index (χ3v) is 8.65. The van der Waals surface area contributed by atoms with Gasteiger partial charge in [0.15, 0.2) is 11.5 Å². The second kappa shape index (κ2) is 12.0. The number of methoxy groups -OCH3 is 2. The Kier molecular flexibility index (Phi) is 8.48. The molecule has 0 radical (unpaired) electrons. The van der Waals surface area contributed by atoms with Gasteiger partial charge in [0.1, 0.15) is 0 Å². The molecule has 2 aliphatic rings. The van der Waals surface area contributed by atoms with Crippen LogP contribution in [-0.2, 0) is 4.79 Å². The van der Waals surface area contributed by atoms with Gasteiger partial charge in [-0.15, -0.1) is 0 Å². The van der Waals surface area contributed by atoms with E-state index in [1.165, 1.54) is 16.5 Å². The molecule has 2 saturated heterocycles. The third-order valence-electron chi connectivity index (χ3n) is 8.65. The van der Waals surface area contributed by atoms with Gasteiger partial charge in [0.2, 0.25) is 5.91 Å². The summed E-state index contributed by atoms with van der Waals surface area (Å²) in [6.45, 7) is 8.59. The lowest BCUT2D eigenvalue weighted by Gasteiger charge is -2.36. The van der Waals surface area contributed by atoms with Gasteiger partial charge in [-0.25, -0.2) is 0 Å². The molecule has 3 aromatic rings. The molecule has 2 fully saturated rings. The van der Waals surface area contributed by atoms with Crippen LogP contribution in [0.3, 0.4) is 0 Å². The summed E-state index contributed by atoms with van der Waals surface area (Å²) in [5.74, 6) is 2.78. The Labute approximate surface area is 232 Å². The molecule has 1 unspecified atom stereocenters. The number of carbonyl (C=O) groups excluding carboxylic acids is 1. The Bertz CT molecular complexity index is 1290. The van der Waals surface area contributed by atoms with Crippen LogP contribution in [0.4, 0.5) is 0 Å². The number of benzene rings is 2. The first-order chi connectivity index (χ1) is 18.9. The maximum atomic E-state index is 13.0. The summed E-state index contributed by atoms with van der Waals surface area (Å²) >= 11 is 0. The number of ether oxygens (including phenoxy) is 2. The van der Waals surface area contributed by atoms with Crippen LogP contribution >= 0.6 is 0 Å². The van der Waals surface area contributed by atoms with E-state index in [0.29, 0.717) is 24.3 Å². The van der Waals surface area contributed by atoms with E-state index in [9.17, 15) is 9.90 Å². The van der Waals surface area contributed by atoms with E-state index in [-0.39, 0.29) is 12.5 Å². The number of hydrogen-bond donors (Lipinski definition) is 2. The lowest BCUT2D eigenvalue weighted by Crippen LogP contribution is -2.46. The number of fused-ring (bicyclic) bond motifs is 1. The molecule has 1 aromatic heterocycles. The van der Waals surface area contributed by atoms with Gasteiger partial charge in [-0.3, -0.25) is 9.69 Å². The second-order valence-electron chi connectivity index (χ2n) is 11.5. The van der Waals surface area contributed by atoms with E-state index in [2.05, 4.69) is 48.0 Å². The van der Waals surface area contributed by atoms with Gasteiger partial charge in [0.05, 0.1) is 26.5 Å². The zero-order valence-corrected chi connectivity index (χ0v) is 23.8. The topological polar surface area (TPSA) is 78.0 Å². The van der Waals surface area contributed by atoms with Crippen LogP contribution in [-0.4, -0.2) is 79.3 Å². The molecule has 2 aromatic carbocycles. The highest BCUT2D eigenvalue weighted by atomic mass is 16.5. The molecule has 0 spiro atoms. The number of aliphatic hydroxyl groups excluding tert-OH is 1. The SMILES string of the molecule is COc1ccc(-c2[nH]c3ccc(C4CCN(C(=O)CN5CCCC(CO)C5)CC4)cc3c2C(C)C)cc1OC. The van der Waals surface area contributed by atoms with Crippen LogP contribution in [0.5, 0.6) is 11.5 Å². The van der Waals surface area contributed by atoms with E-state index in [4.69, 9.17) is 9.47 Å². The molecule has 210 valence electrons. The lowest BCUT2D eigenvalue weighted by atomic mass is 9.87. The van der Waals surface area contributed by atoms with Crippen molar-refractivity contribution in [3.8, 4) is 22.8 Å². The van der Waals surface area contributed by atoms with Crippen molar-refractivity contribution >= 4 is 16.8 Å². The highest BCUT2D eigenvalue weighted by Crippen LogP contribution is 2.40. The Morgan fingerprint density at radius 2 is 1.79 bits per heavy atom. The highest BCUT2D eigenvalue weighted by Gasteiger charge is 2.28. The van der Waals surface area contributed by atoms with Gasteiger partial charge in [0.25, 0.3) is 0 Å². The van der Waals surface area contributed by atoms with E-state index < -0.39 is 0 Å². The molecular weight excluding hydrogens is 490 g/mol. The molecule has 39 heavy (non-hydrogen) atoms. The first-order valence-electron chi connectivity index (χ1n) is 14.4. The predicted octanol–water partition coefficient (Wildman–Crippen LogP) is 5.39. The van der Waals surface area contributed by atoms with Gasteiger partial charge in [-0.1, -0.05) is 19.9 Å². The Hall–Kier alpha value is -3.03. The predicted molar refractivity (Wildman–Crippen MR) is 156 cm³/mol. The maximum absolute atomic E-state index is 13.0. The van der Waals surface area contributed by atoms with Crippen molar-refractivity contribution in [3.05, 3.63) is 47.5 Å². The fourth-order valence-corrected chi connectivity index (χ4v) is 6.50. The van der Waals surface area contributed by atoms with Crippen LogP contribution < -0.4 is 9.47 Å². The maximum Gasteiger partial charge on any atom is 0.236 e. The monoisotopic (exact) mass is 533 g/mol. The average molecular weight is 534 g/mol. The molecule has 0 aliphatic carbocycles. The summed E-state index contributed by atoms with van der Waals surface area (Å²) in [6.07, 6.45) is 4.10. The van der Waals surface area contributed by atoms with Gasteiger partial charge in [0, 0.05) is 42.7 Å². The minimum absolute atomic E-state index is 0.218. The lowest BCUT2D eigenvalue weighted by molar-refractivity contribution is -0.134. The standard InChI is InChI=1S/C32H43N3O4/c1-21(2)31-26-16-24(7-9-27(26)33-32(31)25-8-10-28(38-3)29(17-25)39-4)23-11-14-35(15-12-23)30(37)19-34-13-5-6-22(18-34)20-36/h7-10,16-17,21-23,33,36H,5-6,11-15,18-20H2,1-4H3. The molecule has 7 nitrogen and oxygen atoms in total. The first-order valence-corrected chi connectivity index (χ1v) is 14.4. The molecule has 2 aliphatic heterocycles. The van der Waals surface area contributed by atoms with Crippen LogP contribution in [0.25, 0.3) is 22.2 Å². The quantitative estimate of drug-likeness (QED) is 0.406. The van der Waals surface area contributed by atoms with Gasteiger partial charge < -0.3 is 24.5 Å². The number of nitrogens with zero attached hydrogens (tertiary/aromatic N) is 2. The van der Waals surface area contributed by atoms with E-state index in [0.717, 1.165) is 80.1 Å². The molecule has 5 rings (SSSR count). The number of hydrogen-bond acceptors (Lipinski definition) is 5. The van der Waals surface area contributed by atoms with Crippen molar-refractivity contribution in [3.63, 3.8) is 0 Å². The van der Waals surface area contributed by atoms with Crippen molar-refractivity contribution in [2.75, 3.05) is 53.6 Å². The fourth-order valence-electron chi connectivity index (χ4n) is 6.50. The van der Waals surface area contributed by atoms with E-state index >= 15 is 0 Å². The second-order valence-corrected chi connectivity index (χ2v) is 11.5. The van der Waals surface area contributed by atoms with Crippen LogP contribution in [0.1, 0.15) is 62.5 Å². The van der Waals surface area contributed by atoms with Gasteiger partial charge >= 0.3 is 0 Å². The minimum Gasteiger partial charge on any atom is -0.493 e. The Balaban J connectivity index is 1.31.